The molecule has 1 aliphatic rings. The van der Waals surface area contributed by atoms with E-state index in [0.29, 0.717) is 24.5 Å². The average Bonchev–Trinajstić information content (AvgIpc) is 3.43. The zero-order valence-corrected chi connectivity index (χ0v) is 15.4. The van der Waals surface area contributed by atoms with Crippen LogP contribution in [0.15, 0.2) is 69.9 Å². The van der Waals surface area contributed by atoms with Crippen LogP contribution in [-0.2, 0) is 17.9 Å². The molecule has 7 heteroatoms. The maximum Gasteiger partial charge on any atom is 0.241 e. The minimum absolute atomic E-state index is 0.0140. The second-order valence-corrected chi connectivity index (χ2v) is 6.97. The van der Waals surface area contributed by atoms with Crippen LogP contribution in [0.3, 0.4) is 0 Å². The van der Waals surface area contributed by atoms with Crippen molar-refractivity contribution >= 4 is 17.5 Å². The number of rotatable bonds is 6. The lowest BCUT2D eigenvalue weighted by Gasteiger charge is -2.23. The normalized spacial score (nSPS) is 19.3. The van der Waals surface area contributed by atoms with Crippen molar-refractivity contribution < 1.29 is 13.6 Å². The maximum atomic E-state index is 13.2. The van der Waals surface area contributed by atoms with Gasteiger partial charge in [-0.05, 0) is 48.4 Å². The van der Waals surface area contributed by atoms with Gasteiger partial charge in [0.1, 0.15) is 17.6 Å². The molecule has 1 saturated heterocycles. The molecule has 3 aromatic rings. The molecule has 1 fully saturated rings. The molecule has 27 heavy (non-hydrogen) atoms. The predicted molar refractivity (Wildman–Crippen MR) is 101 cm³/mol. The van der Waals surface area contributed by atoms with Crippen molar-refractivity contribution in [3.8, 4) is 0 Å². The first-order chi connectivity index (χ1) is 13.2. The zero-order valence-electron chi connectivity index (χ0n) is 14.6. The highest BCUT2D eigenvalue weighted by molar-refractivity contribution is 6.30. The van der Waals surface area contributed by atoms with Crippen molar-refractivity contribution in [1.82, 2.24) is 15.8 Å². The summed E-state index contributed by atoms with van der Waals surface area (Å²) in [6.45, 7) is 0.763. The molecule has 0 bridgehead atoms. The lowest BCUT2D eigenvalue weighted by atomic mass is 10.0. The Balaban J connectivity index is 1.47. The molecule has 140 valence electrons. The van der Waals surface area contributed by atoms with Crippen LogP contribution in [0.5, 0.6) is 0 Å². The summed E-state index contributed by atoms with van der Waals surface area (Å²) >= 11 is 6.09. The van der Waals surface area contributed by atoms with Crippen molar-refractivity contribution in [3.05, 3.63) is 83.2 Å². The molecule has 2 N–H and O–H groups in total. The SMILES string of the molecule is O=C(C1CC(c2cccc(Cl)c2)NN1)N(Cc1ccco1)Cc1ccco1. The summed E-state index contributed by atoms with van der Waals surface area (Å²) < 4.78 is 10.8. The fraction of sp³-hybridized carbons (Fsp3) is 0.250. The van der Waals surface area contributed by atoms with Gasteiger partial charge in [0, 0.05) is 11.1 Å². The van der Waals surface area contributed by atoms with E-state index >= 15 is 0 Å². The molecule has 6 nitrogen and oxygen atoms in total. The number of hydrogen-bond donors (Lipinski definition) is 2. The van der Waals surface area contributed by atoms with E-state index in [2.05, 4.69) is 10.9 Å². The summed E-state index contributed by atoms with van der Waals surface area (Å²) in [6, 6.07) is 14.7. The van der Waals surface area contributed by atoms with Crippen LogP contribution < -0.4 is 10.9 Å². The Kier molecular flexibility index (Phi) is 5.29. The monoisotopic (exact) mass is 385 g/mol. The number of furan rings is 2. The van der Waals surface area contributed by atoms with E-state index in [1.807, 2.05) is 48.5 Å². The van der Waals surface area contributed by atoms with Gasteiger partial charge in [-0.2, -0.15) is 0 Å². The Morgan fingerprint density at radius 2 is 1.74 bits per heavy atom. The summed E-state index contributed by atoms with van der Waals surface area (Å²) in [7, 11) is 0. The van der Waals surface area contributed by atoms with Crippen LogP contribution in [0.2, 0.25) is 5.02 Å². The molecule has 0 saturated carbocycles. The molecule has 2 aromatic heterocycles. The Morgan fingerprint density at radius 3 is 2.33 bits per heavy atom. The second kappa shape index (κ2) is 8.00. The van der Waals surface area contributed by atoms with Gasteiger partial charge in [0.15, 0.2) is 0 Å². The van der Waals surface area contributed by atoms with Gasteiger partial charge in [-0.1, -0.05) is 23.7 Å². The molecule has 3 heterocycles. The van der Waals surface area contributed by atoms with Gasteiger partial charge in [-0.3, -0.25) is 4.79 Å². The van der Waals surface area contributed by atoms with Gasteiger partial charge in [-0.15, -0.1) is 0 Å². The molecular formula is C20H20ClN3O3. The number of hydrazine groups is 1. The topological polar surface area (TPSA) is 70.7 Å². The van der Waals surface area contributed by atoms with Gasteiger partial charge >= 0.3 is 0 Å². The minimum Gasteiger partial charge on any atom is -0.467 e. The van der Waals surface area contributed by atoms with E-state index in [4.69, 9.17) is 20.4 Å². The van der Waals surface area contributed by atoms with E-state index in [1.165, 1.54) is 0 Å². The molecule has 0 spiro atoms. The van der Waals surface area contributed by atoms with Gasteiger partial charge in [0.2, 0.25) is 5.91 Å². The fourth-order valence-electron chi connectivity index (χ4n) is 3.27. The van der Waals surface area contributed by atoms with E-state index < -0.39 is 0 Å². The highest BCUT2D eigenvalue weighted by Gasteiger charge is 2.33. The van der Waals surface area contributed by atoms with Crippen LogP contribution in [0.25, 0.3) is 0 Å². The number of carbonyl (C=O) groups is 1. The molecule has 0 radical (unpaired) electrons. The van der Waals surface area contributed by atoms with E-state index in [9.17, 15) is 4.79 Å². The molecule has 1 amide bonds. The van der Waals surface area contributed by atoms with Crippen molar-refractivity contribution in [3.63, 3.8) is 0 Å². The van der Waals surface area contributed by atoms with Gasteiger partial charge < -0.3 is 13.7 Å². The maximum absolute atomic E-state index is 13.2. The summed E-state index contributed by atoms with van der Waals surface area (Å²) in [5, 5.41) is 0.682. The van der Waals surface area contributed by atoms with Gasteiger partial charge in [-0.25, -0.2) is 10.9 Å². The summed E-state index contributed by atoms with van der Waals surface area (Å²) in [4.78, 5) is 14.9. The van der Waals surface area contributed by atoms with E-state index in [0.717, 1.165) is 17.1 Å². The quantitative estimate of drug-likeness (QED) is 0.677. The zero-order chi connectivity index (χ0) is 18.6. The third-order valence-electron chi connectivity index (χ3n) is 4.62. The lowest BCUT2D eigenvalue weighted by molar-refractivity contribution is -0.135. The number of nitrogens with zero attached hydrogens (tertiary/aromatic N) is 1. The van der Waals surface area contributed by atoms with Crippen LogP contribution in [0.4, 0.5) is 0 Å². The van der Waals surface area contributed by atoms with Crippen molar-refractivity contribution in [2.75, 3.05) is 0 Å². The van der Waals surface area contributed by atoms with E-state index in [1.54, 1.807) is 17.4 Å². The van der Waals surface area contributed by atoms with Gasteiger partial charge in [0.25, 0.3) is 0 Å². The van der Waals surface area contributed by atoms with Crippen LogP contribution >= 0.6 is 11.6 Å². The third-order valence-corrected chi connectivity index (χ3v) is 4.85. The van der Waals surface area contributed by atoms with Crippen molar-refractivity contribution in [2.24, 2.45) is 0 Å². The number of amides is 1. The summed E-state index contributed by atoms with van der Waals surface area (Å²) in [5.74, 6) is 1.44. The van der Waals surface area contributed by atoms with Crippen molar-refractivity contribution in [1.29, 1.82) is 0 Å². The van der Waals surface area contributed by atoms with Crippen LogP contribution in [0.1, 0.15) is 29.5 Å². The Hall–Kier alpha value is -2.54. The largest absolute Gasteiger partial charge is 0.467 e. The highest BCUT2D eigenvalue weighted by atomic mass is 35.5. The average molecular weight is 386 g/mol. The number of benzene rings is 1. The first-order valence-electron chi connectivity index (χ1n) is 8.79. The fourth-order valence-corrected chi connectivity index (χ4v) is 3.47. The van der Waals surface area contributed by atoms with Crippen molar-refractivity contribution in [2.45, 2.75) is 31.6 Å². The first-order valence-corrected chi connectivity index (χ1v) is 9.17. The molecule has 2 unspecified atom stereocenters. The molecule has 1 aromatic carbocycles. The Bertz CT molecular complexity index is 844. The second-order valence-electron chi connectivity index (χ2n) is 6.54. The number of carbonyl (C=O) groups excluding carboxylic acids is 1. The van der Waals surface area contributed by atoms with Crippen LogP contribution in [0, 0.1) is 0 Å². The predicted octanol–water partition coefficient (Wildman–Crippen LogP) is 3.66. The lowest BCUT2D eigenvalue weighted by Crippen LogP contribution is -2.45. The molecular weight excluding hydrogens is 366 g/mol. The van der Waals surface area contributed by atoms with E-state index in [-0.39, 0.29) is 18.0 Å². The number of halogens is 1. The molecule has 0 aliphatic carbocycles. The Labute approximate surface area is 162 Å². The van der Waals surface area contributed by atoms with Gasteiger partial charge in [0.05, 0.1) is 25.6 Å². The molecule has 1 aliphatic heterocycles. The highest BCUT2D eigenvalue weighted by Crippen LogP contribution is 2.26. The van der Waals surface area contributed by atoms with Crippen LogP contribution in [-0.4, -0.2) is 16.8 Å². The third kappa shape index (κ3) is 4.24. The number of hydrogen-bond acceptors (Lipinski definition) is 5. The molecule has 2 atom stereocenters. The molecule has 4 rings (SSSR count). The minimum atomic E-state index is -0.348. The smallest absolute Gasteiger partial charge is 0.241 e. The standard InChI is InChI=1S/C20H20ClN3O3/c21-15-5-1-4-14(10-15)18-11-19(23-22-18)20(25)24(12-16-6-2-8-26-16)13-17-7-3-9-27-17/h1-10,18-19,22-23H,11-13H2. The summed E-state index contributed by atoms with van der Waals surface area (Å²) in [5.41, 5.74) is 7.37. The Morgan fingerprint density at radius 1 is 1.04 bits per heavy atom. The first kappa shape index (κ1) is 17.9. The summed E-state index contributed by atoms with van der Waals surface area (Å²) in [6.07, 6.45) is 3.84. The number of nitrogens with one attached hydrogen (secondary N) is 2.